The van der Waals surface area contributed by atoms with Gasteiger partial charge in [0.05, 0.1) is 6.04 Å². The van der Waals surface area contributed by atoms with Crippen molar-refractivity contribution in [2.75, 3.05) is 13.1 Å². The molecule has 1 unspecified atom stereocenters. The molecule has 2 N–H and O–H groups in total. The molecule has 1 aromatic heterocycles. The first-order valence-electron chi connectivity index (χ1n) is 6.32. The number of carbonyl (C=O) groups is 1. The second-order valence-electron chi connectivity index (χ2n) is 5.74. The lowest BCUT2D eigenvalue weighted by Crippen LogP contribution is -2.60. The van der Waals surface area contributed by atoms with Crippen molar-refractivity contribution in [2.45, 2.75) is 45.4 Å². The Labute approximate surface area is 111 Å². The van der Waals surface area contributed by atoms with E-state index in [9.17, 15) is 4.79 Å². The van der Waals surface area contributed by atoms with Crippen molar-refractivity contribution in [1.82, 2.24) is 30.8 Å². The summed E-state index contributed by atoms with van der Waals surface area (Å²) in [4.78, 5) is 13.4. The third kappa shape index (κ3) is 3.63. The van der Waals surface area contributed by atoms with Crippen LogP contribution in [0.2, 0.25) is 0 Å². The summed E-state index contributed by atoms with van der Waals surface area (Å²) in [6.07, 6.45) is -0.266. The third-order valence-electron chi connectivity index (χ3n) is 2.77. The minimum atomic E-state index is -0.451. The van der Waals surface area contributed by atoms with E-state index in [0.717, 1.165) is 0 Å². The number of hydrogen-bond donors (Lipinski definition) is 2. The Balaban J connectivity index is 1.73. The van der Waals surface area contributed by atoms with Gasteiger partial charge in [0.2, 0.25) is 0 Å². The molecular weight excluding hydrogens is 248 g/mol. The molecule has 0 spiro atoms. The first-order valence-corrected chi connectivity index (χ1v) is 6.32. The van der Waals surface area contributed by atoms with Crippen molar-refractivity contribution in [3.05, 3.63) is 5.82 Å². The zero-order valence-corrected chi connectivity index (χ0v) is 11.7. The minimum Gasteiger partial charge on any atom is -0.444 e. The van der Waals surface area contributed by atoms with Crippen LogP contribution in [0.5, 0.6) is 0 Å². The number of nitrogens with zero attached hydrogens (tertiary/aromatic N) is 4. The summed E-state index contributed by atoms with van der Waals surface area (Å²) in [6.45, 7) is 8.81. The van der Waals surface area contributed by atoms with E-state index in [1.807, 2.05) is 27.7 Å². The van der Waals surface area contributed by atoms with Crippen LogP contribution >= 0.6 is 0 Å². The second kappa shape index (κ2) is 5.12. The number of aromatic nitrogens is 4. The van der Waals surface area contributed by atoms with Crippen LogP contribution in [0.25, 0.3) is 0 Å². The van der Waals surface area contributed by atoms with Crippen molar-refractivity contribution in [1.29, 1.82) is 0 Å². The topological polar surface area (TPSA) is 96.0 Å². The molecule has 19 heavy (non-hydrogen) atoms. The van der Waals surface area contributed by atoms with Crippen LogP contribution < -0.4 is 5.32 Å². The average Bonchev–Trinajstić information content (AvgIpc) is 2.72. The molecule has 1 atom stereocenters. The highest BCUT2D eigenvalue weighted by atomic mass is 16.6. The molecule has 2 rings (SSSR count). The number of H-pyrrole nitrogens is 1. The zero-order chi connectivity index (χ0) is 14.0. The molecule has 0 radical (unpaired) electrons. The van der Waals surface area contributed by atoms with Crippen LogP contribution in [-0.2, 0) is 4.74 Å². The highest BCUT2D eigenvalue weighted by Gasteiger charge is 2.34. The first-order chi connectivity index (χ1) is 8.85. The lowest BCUT2D eigenvalue weighted by Gasteiger charge is -2.41. The van der Waals surface area contributed by atoms with Crippen molar-refractivity contribution in [3.8, 4) is 0 Å². The molecule has 8 heteroatoms. The predicted octanol–water partition coefficient (Wildman–Crippen LogP) is 0.470. The Morgan fingerprint density at radius 1 is 1.53 bits per heavy atom. The highest BCUT2D eigenvalue weighted by molar-refractivity contribution is 5.69. The first kappa shape index (κ1) is 13.7. The van der Waals surface area contributed by atoms with Crippen LogP contribution in [0, 0.1) is 0 Å². The van der Waals surface area contributed by atoms with Gasteiger partial charge < -0.3 is 15.0 Å². The Morgan fingerprint density at radius 3 is 2.74 bits per heavy atom. The maximum atomic E-state index is 11.7. The number of aromatic amines is 1. The summed E-state index contributed by atoms with van der Waals surface area (Å²) in [7, 11) is 0. The van der Waals surface area contributed by atoms with Crippen molar-refractivity contribution in [2.24, 2.45) is 0 Å². The van der Waals surface area contributed by atoms with E-state index in [4.69, 9.17) is 4.74 Å². The lowest BCUT2D eigenvalue weighted by molar-refractivity contribution is 0.00425. The van der Waals surface area contributed by atoms with Crippen LogP contribution in [0.3, 0.4) is 0 Å². The molecular formula is C11H20N6O2. The number of ether oxygens (including phenoxy) is 1. The van der Waals surface area contributed by atoms with E-state index in [0.29, 0.717) is 18.9 Å². The summed E-state index contributed by atoms with van der Waals surface area (Å²) in [5.74, 6) is 0.621. The summed E-state index contributed by atoms with van der Waals surface area (Å²) in [5.41, 5.74) is -0.451. The predicted molar refractivity (Wildman–Crippen MR) is 67.3 cm³/mol. The molecule has 1 saturated heterocycles. The van der Waals surface area contributed by atoms with Crippen LogP contribution in [0.4, 0.5) is 4.79 Å². The number of tetrazole rings is 1. The summed E-state index contributed by atoms with van der Waals surface area (Å²) < 4.78 is 5.29. The van der Waals surface area contributed by atoms with Crippen molar-refractivity contribution >= 4 is 6.09 Å². The summed E-state index contributed by atoms with van der Waals surface area (Å²) in [6, 6.07) is 0.241. The van der Waals surface area contributed by atoms with Crippen molar-refractivity contribution in [3.63, 3.8) is 0 Å². The van der Waals surface area contributed by atoms with Gasteiger partial charge in [-0.05, 0) is 27.7 Å². The van der Waals surface area contributed by atoms with Gasteiger partial charge in [-0.3, -0.25) is 0 Å². The Kier molecular flexibility index (Phi) is 3.70. The van der Waals surface area contributed by atoms with Gasteiger partial charge in [-0.2, -0.15) is 5.21 Å². The van der Waals surface area contributed by atoms with Gasteiger partial charge in [-0.1, -0.05) is 5.21 Å². The maximum absolute atomic E-state index is 11.7. The van der Waals surface area contributed by atoms with Gasteiger partial charge in [-0.25, -0.2) is 4.79 Å². The Bertz CT molecular complexity index is 421. The molecule has 106 valence electrons. The van der Waals surface area contributed by atoms with Gasteiger partial charge in [0.1, 0.15) is 5.60 Å². The van der Waals surface area contributed by atoms with Crippen LogP contribution in [-0.4, -0.2) is 56.3 Å². The fourth-order valence-electron chi connectivity index (χ4n) is 1.84. The molecule has 0 aliphatic carbocycles. The lowest BCUT2D eigenvalue weighted by atomic mass is 10.1. The molecule has 0 aromatic carbocycles. The Morgan fingerprint density at radius 2 is 2.21 bits per heavy atom. The molecule has 2 heterocycles. The van der Waals surface area contributed by atoms with Gasteiger partial charge in [0.15, 0.2) is 5.82 Å². The quantitative estimate of drug-likeness (QED) is 0.827. The van der Waals surface area contributed by atoms with E-state index in [1.54, 1.807) is 4.90 Å². The van der Waals surface area contributed by atoms with Gasteiger partial charge in [0, 0.05) is 19.1 Å². The van der Waals surface area contributed by atoms with Crippen LogP contribution in [0.1, 0.15) is 39.6 Å². The molecule has 1 aliphatic heterocycles. The summed E-state index contributed by atoms with van der Waals surface area (Å²) in [5, 5.41) is 17.1. The zero-order valence-electron chi connectivity index (χ0n) is 11.7. The van der Waals surface area contributed by atoms with E-state index in [-0.39, 0.29) is 18.2 Å². The molecule has 8 nitrogen and oxygen atoms in total. The SMILES string of the molecule is CC(NC1CN(C(=O)OC(C)(C)C)C1)c1nn[nH]n1. The van der Waals surface area contributed by atoms with E-state index >= 15 is 0 Å². The second-order valence-corrected chi connectivity index (χ2v) is 5.74. The summed E-state index contributed by atoms with van der Waals surface area (Å²) >= 11 is 0. The largest absolute Gasteiger partial charge is 0.444 e. The monoisotopic (exact) mass is 268 g/mol. The maximum Gasteiger partial charge on any atom is 0.410 e. The fraction of sp³-hybridized carbons (Fsp3) is 0.818. The van der Waals surface area contributed by atoms with Gasteiger partial charge >= 0.3 is 6.09 Å². The number of amides is 1. The van der Waals surface area contributed by atoms with E-state index in [2.05, 4.69) is 25.9 Å². The van der Waals surface area contributed by atoms with E-state index < -0.39 is 5.60 Å². The molecule has 1 fully saturated rings. The standard InChI is InChI=1S/C11H20N6O2/c1-7(9-13-15-16-14-9)12-8-5-17(6-8)10(18)19-11(2,3)4/h7-8,12H,5-6H2,1-4H3,(H,13,14,15,16). The minimum absolute atomic E-state index is 0.00420. The highest BCUT2D eigenvalue weighted by Crippen LogP contribution is 2.17. The third-order valence-corrected chi connectivity index (χ3v) is 2.77. The van der Waals surface area contributed by atoms with Gasteiger partial charge in [-0.15, -0.1) is 10.2 Å². The fourth-order valence-corrected chi connectivity index (χ4v) is 1.84. The number of carbonyl (C=O) groups excluding carboxylic acids is 1. The van der Waals surface area contributed by atoms with Gasteiger partial charge in [0.25, 0.3) is 0 Å². The number of nitrogens with one attached hydrogen (secondary N) is 2. The number of hydrogen-bond acceptors (Lipinski definition) is 6. The molecule has 1 amide bonds. The smallest absolute Gasteiger partial charge is 0.410 e. The molecule has 1 aromatic rings. The normalized spacial score (nSPS) is 18.0. The molecule has 1 aliphatic rings. The molecule has 0 bridgehead atoms. The molecule has 0 saturated carbocycles. The van der Waals surface area contributed by atoms with E-state index in [1.165, 1.54) is 0 Å². The number of likely N-dealkylation sites (tertiary alicyclic amines) is 1. The average molecular weight is 268 g/mol. The van der Waals surface area contributed by atoms with Crippen molar-refractivity contribution < 1.29 is 9.53 Å². The number of rotatable bonds is 3. The van der Waals surface area contributed by atoms with Crippen LogP contribution in [0.15, 0.2) is 0 Å². The Hall–Kier alpha value is -1.70.